The fraction of sp³-hybridized carbons (Fsp3) is 0. The molecule has 0 aliphatic carbocycles. The molecule has 0 spiro atoms. The molecule has 3 aromatic rings. The zero-order chi connectivity index (χ0) is 14.8. The highest BCUT2D eigenvalue weighted by molar-refractivity contribution is 9.10. The van der Waals surface area contributed by atoms with E-state index in [1.807, 2.05) is 48.5 Å². The molecule has 0 aliphatic heterocycles. The van der Waals surface area contributed by atoms with Gasteiger partial charge in [-0.25, -0.2) is 0 Å². The van der Waals surface area contributed by atoms with Crippen molar-refractivity contribution in [1.82, 2.24) is 0 Å². The number of benzene rings is 3. The molecule has 0 aromatic heterocycles. The fourth-order valence-electron chi connectivity index (χ4n) is 2.13. The molecule has 0 bridgehead atoms. The molecule has 0 saturated carbocycles. The minimum absolute atomic E-state index is 0.360. The summed E-state index contributed by atoms with van der Waals surface area (Å²) in [5.74, 6) is 1.53. The van der Waals surface area contributed by atoms with Gasteiger partial charge in [0, 0.05) is 10.0 Å². The highest BCUT2D eigenvalue weighted by Crippen LogP contribution is 2.29. The maximum Gasteiger partial charge on any atom is 0.128 e. The van der Waals surface area contributed by atoms with E-state index in [1.54, 1.807) is 0 Å². The zero-order valence-electron chi connectivity index (χ0n) is 11.0. The smallest absolute Gasteiger partial charge is 0.128 e. The first-order valence-corrected chi connectivity index (χ1v) is 7.59. The van der Waals surface area contributed by atoms with E-state index < -0.39 is 0 Å². The van der Waals surface area contributed by atoms with E-state index in [0.29, 0.717) is 4.99 Å². The quantitative estimate of drug-likeness (QED) is 0.667. The molecule has 0 radical (unpaired) electrons. The second-order valence-electron chi connectivity index (χ2n) is 4.62. The van der Waals surface area contributed by atoms with Gasteiger partial charge in [0.25, 0.3) is 0 Å². The summed E-state index contributed by atoms with van der Waals surface area (Å²) in [6.07, 6.45) is 0. The molecule has 2 nitrogen and oxygen atoms in total. The van der Waals surface area contributed by atoms with Crippen molar-refractivity contribution < 1.29 is 4.74 Å². The van der Waals surface area contributed by atoms with Gasteiger partial charge >= 0.3 is 0 Å². The maximum absolute atomic E-state index is 5.89. The monoisotopic (exact) mass is 357 g/mol. The van der Waals surface area contributed by atoms with Crippen LogP contribution in [0.4, 0.5) is 0 Å². The molecule has 4 heteroatoms. The summed E-state index contributed by atoms with van der Waals surface area (Å²) in [6.45, 7) is 0. The molecule has 3 aromatic carbocycles. The first kappa shape index (κ1) is 14.0. The van der Waals surface area contributed by atoms with Crippen molar-refractivity contribution in [3.05, 3.63) is 70.7 Å². The lowest BCUT2D eigenvalue weighted by atomic mass is 10.1. The number of rotatable bonds is 3. The van der Waals surface area contributed by atoms with Crippen LogP contribution >= 0.6 is 28.1 Å². The predicted molar refractivity (Wildman–Crippen MR) is 94.1 cm³/mol. The minimum Gasteiger partial charge on any atom is -0.457 e. The molecule has 0 aliphatic rings. The molecule has 104 valence electrons. The third kappa shape index (κ3) is 3.06. The normalized spacial score (nSPS) is 10.5. The predicted octanol–water partition coefficient (Wildman–Crippen LogP) is 5.03. The fourth-order valence-corrected chi connectivity index (χ4v) is 3.01. The molecule has 0 heterocycles. The van der Waals surface area contributed by atoms with Crippen molar-refractivity contribution >= 4 is 43.9 Å². The van der Waals surface area contributed by atoms with Gasteiger partial charge in [0.1, 0.15) is 16.5 Å². The van der Waals surface area contributed by atoms with Crippen LogP contribution in [0.2, 0.25) is 0 Å². The Morgan fingerprint density at radius 2 is 1.57 bits per heavy atom. The summed E-state index contributed by atoms with van der Waals surface area (Å²) in [7, 11) is 0. The Morgan fingerprint density at radius 1 is 0.905 bits per heavy atom. The summed E-state index contributed by atoms with van der Waals surface area (Å²) >= 11 is 8.44. The van der Waals surface area contributed by atoms with Gasteiger partial charge in [0.05, 0.1) is 0 Å². The summed E-state index contributed by atoms with van der Waals surface area (Å²) in [5, 5.41) is 2.34. The first-order chi connectivity index (χ1) is 10.1. The molecule has 0 amide bonds. The van der Waals surface area contributed by atoms with Crippen LogP contribution in [0.15, 0.2) is 65.1 Å². The molecule has 0 unspecified atom stereocenters. The standard InChI is InChI=1S/C17H12BrNOS/c18-16-10-14(7-8-15(16)17(19)21)20-13-6-5-11-3-1-2-4-12(11)9-13/h1-10H,(H2,19,21). The number of ether oxygens (including phenoxy) is 1. The topological polar surface area (TPSA) is 35.2 Å². The minimum atomic E-state index is 0.360. The van der Waals surface area contributed by atoms with Crippen LogP contribution < -0.4 is 10.5 Å². The molecule has 0 atom stereocenters. The van der Waals surface area contributed by atoms with E-state index in [0.717, 1.165) is 26.9 Å². The van der Waals surface area contributed by atoms with Crippen LogP contribution in [-0.4, -0.2) is 4.99 Å². The van der Waals surface area contributed by atoms with E-state index in [4.69, 9.17) is 22.7 Å². The van der Waals surface area contributed by atoms with E-state index in [1.165, 1.54) is 5.39 Å². The Hall–Kier alpha value is -1.91. The van der Waals surface area contributed by atoms with Gasteiger partial charge in [-0.3, -0.25) is 0 Å². The van der Waals surface area contributed by atoms with Gasteiger partial charge in [-0.15, -0.1) is 0 Å². The number of hydrogen-bond acceptors (Lipinski definition) is 2. The molecule has 3 rings (SSSR count). The molecular weight excluding hydrogens is 346 g/mol. The average Bonchev–Trinajstić information content (AvgIpc) is 2.47. The third-order valence-corrected chi connectivity index (χ3v) is 4.04. The van der Waals surface area contributed by atoms with Crippen molar-refractivity contribution in [2.75, 3.05) is 0 Å². The second-order valence-corrected chi connectivity index (χ2v) is 5.91. The number of thiocarbonyl (C=S) groups is 1. The van der Waals surface area contributed by atoms with Crippen LogP contribution in [0.25, 0.3) is 10.8 Å². The van der Waals surface area contributed by atoms with Crippen molar-refractivity contribution in [3.8, 4) is 11.5 Å². The summed E-state index contributed by atoms with van der Waals surface area (Å²) in [5.41, 5.74) is 6.44. The first-order valence-electron chi connectivity index (χ1n) is 6.39. The van der Waals surface area contributed by atoms with Gasteiger partial charge in [-0.2, -0.15) is 0 Å². The zero-order valence-corrected chi connectivity index (χ0v) is 13.4. The van der Waals surface area contributed by atoms with Crippen molar-refractivity contribution in [1.29, 1.82) is 0 Å². The van der Waals surface area contributed by atoms with Crippen LogP contribution in [0.1, 0.15) is 5.56 Å². The van der Waals surface area contributed by atoms with E-state index >= 15 is 0 Å². The Kier molecular flexibility index (Phi) is 3.90. The SMILES string of the molecule is NC(=S)c1ccc(Oc2ccc3ccccc3c2)cc1Br. The summed E-state index contributed by atoms with van der Waals surface area (Å²) in [4.78, 5) is 0.360. The van der Waals surface area contributed by atoms with E-state index in [9.17, 15) is 0 Å². The third-order valence-electron chi connectivity index (χ3n) is 3.16. The van der Waals surface area contributed by atoms with Gasteiger partial charge in [-0.1, -0.05) is 42.5 Å². The van der Waals surface area contributed by atoms with Gasteiger partial charge in [0.15, 0.2) is 0 Å². The van der Waals surface area contributed by atoms with Crippen LogP contribution in [0.3, 0.4) is 0 Å². The Labute approximate surface area is 136 Å². The van der Waals surface area contributed by atoms with Crippen molar-refractivity contribution in [3.63, 3.8) is 0 Å². The molecule has 0 fully saturated rings. The molecule has 0 saturated heterocycles. The number of hydrogen-bond donors (Lipinski definition) is 1. The summed E-state index contributed by atoms with van der Waals surface area (Å²) in [6, 6.07) is 19.8. The van der Waals surface area contributed by atoms with Crippen LogP contribution in [0, 0.1) is 0 Å². The van der Waals surface area contributed by atoms with Gasteiger partial charge in [-0.05, 0) is 57.0 Å². The lowest BCUT2D eigenvalue weighted by molar-refractivity contribution is 0.483. The lowest BCUT2D eigenvalue weighted by Crippen LogP contribution is -2.09. The molecule has 21 heavy (non-hydrogen) atoms. The highest BCUT2D eigenvalue weighted by Gasteiger charge is 2.06. The average molecular weight is 358 g/mol. The van der Waals surface area contributed by atoms with Crippen LogP contribution in [-0.2, 0) is 0 Å². The Morgan fingerprint density at radius 3 is 2.29 bits per heavy atom. The summed E-state index contributed by atoms with van der Waals surface area (Å²) < 4.78 is 6.72. The molecular formula is C17H12BrNOS. The Balaban J connectivity index is 1.91. The number of nitrogens with two attached hydrogens (primary N) is 1. The van der Waals surface area contributed by atoms with Crippen LogP contribution in [0.5, 0.6) is 11.5 Å². The van der Waals surface area contributed by atoms with E-state index in [-0.39, 0.29) is 0 Å². The van der Waals surface area contributed by atoms with Gasteiger partial charge < -0.3 is 10.5 Å². The largest absolute Gasteiger partial charge is 0.457 e. The van der Waals surface area contributed by atoms with Crippen molar-refractivity contribution in [2.24, 2.45) is 5.73 Å². The van der Waals surface area contributed by atoms with Gasteiger partial charge in [0.2, 0.25) is 0 Å². The maximum atomic E-state index is 5.89. The number of halogens is 1. The highest BCUT2D eigenvalue weighted by atomic mass is 79.9. The Bertz CT molecular complexity index is 832. The van der Waals surface area contributed by atoms with E-state index in [2.05, 4.69) is 28.1 Å². The van der Waals surface area contributed by atoms with Crippen molar-refractivity contribution in [2.45, 2.75) is 0 Å². The second kappa shape index (κ2) is 5.84. The number of fused-ring (bicyclic) bond motifs is 1. The molecule has 2 N–H and O–H groups in total. The lowest BCUT2D eigenvalue weighted by Gasteiger charge is -2.09.